The predicted octanol–water partition coefficient (Wildman–Crippen LogP) is 2.01. The molecule has 15 heavy (non-hydrogen) atoms. The molecule has 1 aliphatic carbocycles. The number of halogens is 1. The summed E-state index contributed by atoms with van der Waals surface area (Å²) in [6.45, 7) is 0. The van der Waals surface area contributed by atoms with E-state index < -0.39 is 0 Å². The zero-order valence-corrected chi connectivity index (χ0v) is 9.45. The summed E-state index contributed by atoms with van der Waals surface area (Å²) >= 11 is 3.25. The van der Waals surface area contributed by atoms with Gasteiger partial charge in [-0.2, -0.15) is 0 Å². The van der Waals surface area contributed by atoms with Crippen molar-refractivity contribution in [1.82, 2.24) is 4.98 Å². The third-order valence-electron chi connectivity index (χ3n) is 2.13. The van der Waals surface area contributed by atoms with E-state index in [0.717, 1.165) is 17.3 Å². The van der Waals surface area contributed by atoms with Crippen molar-refractivity contribution in [2.75, 3.05) is 5.32 Å². The van der Waals surface area contributed by atoms with Crippen LogP contribution in [0.25, 0.3) is 0 Å². The molecule has 2 rings (SSSR count). The Bertz CT molecular complexity index is 416. The normalized spacial score (nSPS) is 14.7. The summed E-state index contributed by atoms with van der Waals surface area (Å²) in [5.41, 5.74) is 0.301. The molecule has 1 aromatic heterocycles. The summed E-state index contributed by atoms with van der Waals surface area (Å²) in [4.78, 5) is 26.0. The SMILES string of the molecule is O=Cc1cc(Br)cc(NC(=O)C2CC2)n1. The highest BCUT2D eigenvalue weighted by Gasteiger charge is 2.29. The van der Waals surface area contributed by atoms with Gasteiger partial charge in [0, 0.05) is 10.4 Å². The second-order valence-corrected chi connectivity index (χ2v) is 4.39. The molecule has 1 fully saturated rings. The van der Waals surface area contributed by atoms with E-state index in [1.807, 2.05) is 0 Å². The van der Waals surface area contributed by atoms with Crippen molar-refractivity contribution in [3.63, 3.8) is 0 Å². The van der Waals surface area contributed by atoms with E-state index in [-0.39, 0.29) is 11.8 Å². The molecule has 78 valence electrons. The van der Waals surface area contributed by atoms with E-state index in [1.54, 1.807) is 12.1 Å². The molecule has 0 radical (unpaired) electrons. The molecule has 0 aromatic carbocycles. The Balaban J connectivity index is 2.15. The van der Waals surface area contributed by atoms with Crippen LogP contribution in [0.4, 0.5) is 5.82 Å². The number of carbonyl (C=O) groups is 2. The van der Waals surface area contributed by atoms with Crippen molar-refractivity contribution in [3.05, 3.63) is 22.3 Å². The Kier molecular flexibility index (Phi) is 2.81. The van der Waals surface area contributed by atoms with Crippen LogP contribution in [0.1, 0.15) is 23.3 Å². The third-order valence-corrected chi connectivity index (χ3v) is 2.59. The quantitative estimate of drug-likeness (QED) is 0.854. The minimum absolute atomic E-state index is 0.0163. The molecule has 1 heterocycles. The number of nitrogens with one attached hydrogen (secondary N) is 1. The molecule has 1 amide bonds. The Morgan fingerprint density at radius 1 is 1.53 bits per heavy atom. The number of aromatic nitrogens is 1. The highest BCUT2D eigenvalue weighted by atomic mass is 79.9. The highest BCUT2D eigenvalue weighted by Crippen LogP contribution is 2.30. The average molecular weight is 269 g/mol. The molecule has 1 saturated carbocycles. The van der Waals surface area contributed by atoms with Gasteiger partial charge in [-0.25, -0.2) is 4.98 Å². The summed E-state index contributed by atoms with van der Waals surface area (Å²) in [7, 11) is 0. The number of amides is 1. The molecule has 0 saturated heterocycles. The lowest BCUT2D eigenvalue weighted by molar-refractivity contribution is -0.117. The first-order valence-electron chi connectivity index (χ1n) is 4.62. The van der Waals surface area contributed by atoms with E-state index >= 15 is 0 Å². The monoisotopic (exact) mass is 268 g/mol. The predicted molar refractivity (Wildman–Crippen MR) is 58.7 cm³/mol. The smallest absolute Gasteiger partial charge is 0.228 e. The largest absolute Gasteiger partial charge is 0.310 e. The zero-order chi connectivity index (χ0) is 10.8. The van der Waals surface area contributed by atoms with Crippen molar-refractivity contribution in [2.24, 2.45) is 5.92 Å². The number of aldehydes is 1. The zero-order valence-electron chi connectivity index (χ0n) is 7.87. The molecule has 1 aromatic rings. The third kappa shape index (κ3) is 2.62. The average Bonchev–Trinajstić information content (AvgIpc) is 2.99. The molecular formula is C10H9BrN2O2. The number of hydrogen-bond donors (Lipinski definition) is 1. The van der Waals surface area contributed by atoms with Crippen molar-refractivity contribution in [1.29, 1.82) is 0 Å². The fourth-order valence-electron chi connectivity index (χ4n) is 1.22. The van der Waals surface area contributed by atoms with Gasteiger partial charge in [0.05, 0.1) is 0 Å². The minimum atomic E-state index is -0.0163. The van der Waals surface area contributed by atoms with Gasteiger partial charge < -0.3 is 5.32 Å². The van der Waals surface area contributed by atoms with Crippen LogP contribution in [0.5, 0.6) is 0 Å². The van der Waals surface area contributed by atoms with Crippen LogP contribution >= 0.6 is 15.9 Å². The van der Waals surface area contributed by atoms with Crippen molar-refractivity contribution in [3.8, 4) is 0 Å². The van der Waals surface area contributed by atoms with Gasteiger partial charge in [-0.1, -0.05) is 15.9 Å². The van der Waals surface area contributed by atoms with Crippen LogP contribution in [-0.2, 0) is 4.79 Å². The van der Waals surface area contributed by atoms with Crippen molar-refractivity contribution < 1.29 is 9.59 Å². The molecule has 0 unspecified atom stereocenters. The van der Waals surface area contributed by atoms with E-state index in [9.17, 15) is 9.59 Å². The first-order chi connectivity index (χ1) is 7.19. The van der Waals surface area contributed by atoms with Gasteiger partial charge in [-0.05, 0) is 25.0 Å². The summed E-state index contributed by atoms with van der Waals surface area (Å²) in [6.07, 6.45) is 2.54. The van der Waals surface area contributed by atoms with Crippen LogP contribution in [0.2, 0.25) is 0 Å². The highest BCUT2D eigenvalue weighted by molar-refractivity contribution is 9.10. The Hall–Kier alpha value is -1.23. The molecule has 0 spiro atoms. The van der Waals surface area contributed by atoms with Gasteiger partial charge in [-0.3, -0.25) is 9.59 Å². The fourth-order valence-corrected chi connectivity index (χ4v) is 1.67. The maximum absolute atomic E-state index is 11.4. The lowest BCUT2D eigenvalue weighted by Crippen LogP contribution is -2.14. The molecule has 0 bridgehead atoms. The van der Waals surface area contributed by atoms with Crippen LogP contribution in [-0.4, -0.2) is 17.2 Å². The lowest BCUT2D eigenvalue weighted by Gasteiger charge is -2.04. The number of carbonyl (C=O) groups excluding carboxylic acids is 2. The van der Waals surface area contributed by atoms with Crippen LogP contribution in [0.3, 0.4) is 0 Å². The second kappa shape index (κ2) is 4.10. The molecule has 1 aliphatic rings. The number of hydrogen-bond acceptors (Lipinski definition) is 3. The standard InChI is InChI=1S/C10H9BrN2O2/c11-7-3-8(5-14)12-9(4-7)13-10(15)6-1-2-6/h3-6H,1-2H2,(H,12,13,15). The number of anilines is 1. The Morgan fingerprint density at radius 3 is 2.87 bits per heavy atom. The van der Waals surface area contributed by atoms with Gasteiger partial charge in [0.2, 0.25) is 5.91 Å². The molecule has 4 nitrogen and oxygen atoms in total. The topological polar surface area (TPSA) is 59.1 Å². The number of nitrogens with zero attached hydrogens (tertiary/aromatic N) is 1. The first kappa shape index (κ1) is 10.3. The number of pyridine rings is 1. The van der Waals surface area contributed by atoms with Gasteiger partial charge in [0.25, 0.3) is 0 Å². The van der Waals surface area contributed by atoms with Crippen LogP contribution in [0.15, 0.2) is 16.6 Å². The fraction of sp³-hybridized carbons (Fsp3) is 0.300. The summed E-state index contributed by atoms with van der Waals surface area (Å²) in [6, 6.07) is 3.27. The van der Waals surface area contributed by atoms with Gasteiger partial charge >= 0.3 is 0 Å². The molecule has 0 atom stereocenters. The summed E-state index contributed by atoms with van der Waals surface area (Å²) < 4.78 is 0.727. The molecule has 1 N–H and O–H groups in total. The maximum Gasteiger partial charge on any atom is 0.228 e. The minimum Gasteiger partial charge on any atom is -0.310 e. The van der Waals surface area contributed by atoms with E-state index in [4.69, 9.17) is 0 Å². The molecular weight excluding hydrogens is 260 g/mol. The van der Waals surface area contributed by atoms with Crippen LogP contribution < -0.4 is 5.32 Å². The maximum atomic E-state index is 11.4. The summed E-state index contributed by atoms with van der Waals surface area (Å²) in [5, 5.41) is 2.68. The lowest BCUT2D eigenvalue weighted by atomic mass is 10.3. The van der Waals surface area contributed by atoms with E-state index in [0.29, 0.717) is 17.8 Å². The van der Waals surface area contributed by atoms with Crippen molar-refractivity contribution in [2.45, 2.75) is 12.8 Å². The van der Waals surface area contributed by atoms with Gasteiger partial charge in [-0.15, -0.1) is 0 Å². The Morgan fingerprint density at radius 2 is 2.27 bits per heavy atom. The summed E-state index contributed by atoms with van der Waals surface area (Å²) in [5.74, 6) is 0.534. The molecule has 5 heteroatoms. The Labute approximate surface area is 95.2 Å². The van der Waals surface area contributed by atoms with Gasteiger partial charge in [0.15, 0.2) is 6.29 Å². The van der Waals surface area contributed by atoms with E-state index in [2.05, 4.69) is 26.2 Å². The molecule has 0 aliphatic heterocycles. The number of rotatable bonds is 3. The van der Waals surface area contributed by atoms with Gasteiger partial charge in [0.1, 0.15) is 11.5 Å². The first-order valence-corrected chi connectivity index (χ1v) is 5.42. The second-order valence-electron chi connectivity index (χ2n) is 3.48. The van der Waals surface area contributed by atoms with Crippen molar-refractivity contribution >= 4 is 33.9 Å². The van der Waals surface area contributed by atoms with E-state index in [1.165, 1.54) is 0 Å². The van der Waals surface area contributed by atoms with Crippen LogP contribution in [0, 0.1) is 5.92 Å².